The monoisotopic (exact) mass is 260 g/mol. The maximum Gasteiger partial charge on any atom is -0.0125 e. The average Bonchev–Trinajstić information content (AvgIpc) is 2.33. The van der Waals surface area contributed by atoms with Gasteiger partial charge in [-0.3, -0.25) is 0 Å². The number of aryl methyl sites for hydroxylation is 2. The molecule has 0 atom stereocenters. The Balaban J connectivity index is -0.000000489. The van der Waals surface area contributed by atoms with Gasteiger partial charge in [0, 0.05) is 0 Å². The fourth-order valence-electron chi connectivity index (χ4n) is 1.87. The summed E-state index contributed by atoms with van der Waals surface area (Å²) in [5.41, 5.74) is 5.36. The maximum absolute atomic E-state index is 2.16. The lowest BCUT2D eigenvalue weighted by Crippen LogP contribution is -1.86. The minimum absolute atomic E-state index is 0. The van der Waals surface area contributed by atoms with Crippen molar-refractivity contribution in [2.45, 2.75) is 50.0 Å². The first-order valence-electron chi connectivity index (χ1n) is 5.90. The lowest BCUT2D eigenvalue weighted by atomic mass is 9.96. The van der Waals surface area contributed by atoms with E-state index in [2.05, 4.69) is 62.4 Å². The minimum Gasteiger partial charge on any atom is -0.0776 e. The first-order chi connectivity index (χ1) is 7.79. The number of rotatable bonds is 1. The van der Waals surface area contributed by atoms with E-state index in [0.717, 1.165) is 0 Å². The minimum atomic E-state index is 0. The Labute approximate surface area is 121 Å². The molecule has 2 rings (SSSR count). The second-order valence-electron chi connectivity index (χ2n) is 3.63. The number of benzene rings is 2. The highest BCUT2D eigenvalue weighted by atomic mass is 14.1. The van der Waals surface area contributed by atoms with E-state index in [4.69, 9.17) is 0 Å². The summed E-state index contributed by atoms with van der Waals surface area (Å²) in [6.07, 6.45) is 0. The molecule has 0 radical (unpaired) electrons. The van der Waals surface area contributed by atoms with Crippen LogP contribution in [0.5, 0.6) is 0 Å². The van der Waals surface area contributed by atoms with Crippen LogP contribution in [0.15, 0.2) is 48.5 Å². The zero-order valence-corrected chi connectivity index (χ0v) is 10.6. The first-order valence-corrected chi connectivity index (χ1v) is 5.90. The SMILES string of the molecule is C.C.C.CC.Cc1cccc(C)c1-c1ccccc1. The van der Waals surface area contributed by atoms with Crippen molar-refractivity contribution in [3.8, 4) is 11.1 Å². The normalized spacial score (nSPS) is 7.79. The summed E-state index contributed by atoms with van der Waals surface area (Å²) in [6.45, 7) is 8.32. The molecule has 0 heteroatoms. The van der Waals surface area contributed by atoms with Gasteiger partial charge in [-0.2, -0.15) is 0 Å². The molecule has 0 aromatic heterocycles. The van der Waals surface area contributed by atoms with E-state index in [-0.39, 0.29) is 22.3 Å². The predicted molar refractivity (Wildman–Crippen MR) is 92.9 cm³/mol. The van der Waals surface area contributed by atoms with E-state index in [1.807, 2.05) is 13.8 Å². The van der Waals surface area contributed by atoms with Gasteiger partial charge in [0.25, 0.3) is 0 Å². The Morgan fingerprint density at radius 3 is 1.42 bits per heavy atom. The van der Waals surface area contributed by atoms with Gasteiger partial charge in [0.15, 0.2) is 0 Å². The summed E-state index contributed by atoms with van der Waals surface area (Å²) >= 11 is 0. The van der Waals surface area contributed by atoms with Crippen molar-refractivity contribution in [2.24, 2.45) is 0 Å². The topological polar surface area (TPSA) is 0 Å². The van der Waals surface area contributed by atoms with E-state index in [0.29, 0.717) is 0 Å². The molecule has 108 valence electrons. The molecule has 0 N–H and O–H groups in total. The third-order valence-electron chi connectivity index (χ3n) is 2.54. The highest BCUT2D eigenvalue weighted by Gasteiger charge is 2.03. The van der Waals surface area contributed by atoms with Crippen LogP contribution in [0.25, 0.3) is 11.1 Å². The number of hydrogen-bond acceptors (Lipinski definition) is 0. The van der Waals surface area contributed by atoms with Crippen LogP contribution in [0, 0.1) is 13.8 Å². The van der Waals surface area contributed by atoms with Crippen molar-refractivity contribution in [1.29, 1.82) is 0 Å². The van der Waals surface area contributed by atoms with Crippen molar-refractivity contribution in [3.05, 3.63) is 59.7 Å². The van der Waals surface area contributed by atoms with Crippen LogP contribution in [-0.2, 0) is 0 Å². The Morgan fingerprint density at radius 2 is 1.00 bits per heavy atom. The second kappa shape index (κ2) is 11.5. The third-order valence-corrected chi connectivity index (χ3v) is 2.54. The molecule has 0 nitrogen and oxygen atoms in total. The van der Waals surface area contributed by atoms with Crippen LogP contribution in [0.4, 0.5) is 0 Å². The van der Waals surface area contributed by atoms with Gasteiger partial charge >= 0.3 is 0 Å². The summed E-state index contributed by atoms with van der Waals surface area (Å²) in [4.78, 5) is 0. The maximum atomic E-state index is 2.16. The Kier molecular flexibility index (Phi) is 13.7. The lowest BCUT2D eigenvalue weighted by Gasteiger charge is -2.09. The fourth-order valence-corrected chi connectivity index (χ4v) is 1.87. The molecule has 0 aliphatic rings. The van der Waals surface area contributed by atoms with Crippen LogP contribution in [-0.4, -0.2) is 0 Å². The van der Waals surface area contributed by atoms with Gasteiger partial charge in [-0.15, -0.1) is 0 Å². The number of hydrogen-bond donors (Lipinski definition) is 0. The van der Waals surface area contributed by atoms with Crippen molar-refractivity contribution in [2.75, 3.05) is 0 Å². The van der Waals surface area contributed by atoms with Crippen LogP contribution < -0.4 is 0 Å². The van der Waals surface area contributed by atoms with E-state index >= 15 is 0 Å². The molecule has 0 saturated carbocycles. The van der Waals surface area contributed by atoms with Crippen LogP contribution >= 0.6 is 0 Å². The standard InChI is InChI=1S/C14H14.C2H6.3CH4/c1-11-7-6-8-12(2)14(11)13-9-4-3-5-10-13;1-2;;;/h3-10H,1-2H3;1-2H3;3*1H4. The molecule has 0 unspecified atom stereocenters. The van der Waals surface area contributed by atoms with Gasteiger partial charge in [0.1, 0.15) is 0 Å². The van der Waals surface area contributed by atoms with Crippen LogP contribution in [0.2, 0.25) is 0 Å². The molecule has 2 aromatic carbocycles. The zero-order valence-electron chi connectivity index (χ0n) is 10.6. The molecule has 0 aliphatic heterocycles. The summed E-state index contributed by atoms with van der Waals surface area (Å²) < 4.78 is 0. The fraction of sp³-hybridized carbons (Fsp3) is 0.368. The first kappa shape index (κ1) is 22.6. The molecule has 0 aliphatic carbocycles. The van der Waals surface area contributed by atoms with Crippen LogP contribution in [0.3, 0.4) is 0 Å². The zero-order chi connectivity index (χ0) is 12.0. The molecule has 0 bridgehead atoms. The van der Waals surface area contributed by atoms with Gasteiger partial charge in [0.2, 0.25) is 0 Å². The second-order valence-corrected chi connectivity index (χ2v) is 3.63. The van der Waals surface area contributed by atoms with Gasteiger partial charge in [-0.25, -0.2) is 0 Å². The molecule has 0 fully saturated rings. The quantitative estimate of drug-likeness (QED) is 0.523. The highest BCUT2D eigenvalue weighted by molar-refractivity contribution is 5.70. The predicted octanol–water partition coefficient (Wildman–Crippen LogP) is 6.90. The molecule has 0 amide bonds. The third kappa shape index (κ3) is 5.74. The molecule has 2 aromatic rings. The van der Waals surface area contributed by atoms with Gasteiger partial charge in [-0.1, -0.05) is 84.7 Å². The van der Waals surface area contributed by atoms with Gasteiger partial charge in [0.05, 0.1) is 0 Å². The average molecular weight is 260 g/mol. The Bertz CT molecular complexity index is 407. The molecular formula is C19H32. The molecule has 19 heavy (non-hydrogen) atoms. The van der Waals surface area contributed by atoms with Crippen molar-refractivity contribution in [3.63, 3.8) is 0 Å². The lowest BCUT2D eigenvalue weighted by molar-refractivity contribution is 1.38. The summed E-state index contributed by atoms with van der Waals surface area (Å²) in [7, 11) is 0. The highest BCUT2D eigenvalue weighted by Crippen LogP contribution is 2.26. The van der Waals surface area contributed by atoms with Crippen molar-refractivity contribution < 1.29 is 0 Å². The van der Waals surface area contributed by atoms with E-state index in [1.54, 1.807) is 0 Å². The van der Waals surface area contributed by atoms with E-state index in [9.17, 15) is 0 Å². The summed E-state index contributed by atoms with van der Waals surface area (Å²) in [6, 6.07) is 17.0. The van der Waals surface area contributed by atoms with Gasteiger partial charge < -0.3 is 0 Å². The molecular weight excluding hydrogens is 228 g/mol. The molecule has 0 spiro atoms. The van der Waals surface area contributed by atoms with E-state index < -0.39 is 0 Å². The molecule has 0 saturated heterocycles. The van der Waals surface area contributed by atoms with Crippen LogP contribution in [0.1, 0.15) is 47.3 Å². The van der Waals surface area contributed by atoms with E-state index in [1.165, 1.54) is 22.3 Å². The summed E-state index contributed by atoms with van der Waals surface area (Å²) in [5.74, 6) is 0. The Hall–Kier alpha value is -1.56. The largest absolute Gasteiger partial charge is 0.0776 e. The van der Waals surface area contributed by atoms with Crippen molar-refractivity contribution in [1.82, 2.24) is 0 Å². The smallest absolute Gasteiger partial charge is 0.0125 e. The summed E-state index contributed by atoms with van der Waals surface area (Å²) in [5, 5.41) is 0. The van der Waals surface area contributed by atoms with Crippen molar-refractivity contribution >= 4 is 0 Å². The molecule has 0 heterocycles. The van der Waals surface area contributed by atoms with Gasteiger partial charge in [-0.05, 0) is 36.1 Å². The Morgan fingerprint density at radius 1 is 0.579 bits per heavy atom.